The molecule has 3 atom stereocenters. The quantitative estimate of drug-likeness (QED) is 0.557. The molecule has 3 rings (SSSR count). The summed E-state index contributed by atoms with van der Waals surface area (Å²) in [7, 11) is 0. The van der Waals surface area contributed by atoms with Gasteiger partial charge in [0.1, 0.15) is 5.78 Å². The highest BCUT2D eigenvalue weighted by Crippen LogP contribution is 2.60. The van der Waals surface area contributed by atoms with E-state index in [-0.39, 0.29) is 5.41 Å². The van der Waals surface area contributed by atoms with Crippen LogP contribution in [0.3, 0.4) is 0 Å². The van der Waals surface area contributed by atoms with E-state index in [0.717, 1.165) is 18.3 Å². The molecule has 3 aliphatic rings. The van der Waals surface area contributed by atoms with Crippen molar-refractivity contribution in [2.75, 3.05) is 0 Å². The van der Waals surface area contributed by atoms with E-state index >= 15 is 0 Å². The van der Waals surface area contributed by atoms with Gasteiger partial charge in [-0.05, 0) is 43.9 Å². The summed E-state index contributed by atoms with van der Waals surface area (Å²) in [5.74, 6) is 2.22. The third kappa shape index (κ3) is 0.858. The molecule has 0 aromatic heterocycles. The van der Waals surface area contributed by atoms with Gasteiger partial charge < -0.3 is 0 Å². The molecular formula is C12H18O. The third-order valence-corrected chi connectivity index (χ3v) is 4.94. The lowest BCUT2D eigenvalue weighted by molar-refractivity contribution is -0.131. The Morgan fingerprint density at radius 3 is 2.54 bits per heavy atom. The van der Waals surface area contributed by atoms with Crippen molar-refractivity contribution in [1.29, 1.82) is 0 Å². The van der Waals surface area contributed by atoms with Crippen molar-refractivity contribution in [1.82, 2.24) is 0 Å². The Balaban J connectivity index is 2.02. The molecule has 3 aliphatic carbocycles. The van der Waals surface area contributed by atoms with Gasteiger partial charge in [-0.1, -0.05) is 12.8 Å². The molecule has 0 amide bonds. The number of hydrogen-bond donors (Lipinski definition) is 0. The van der Waals surface area contributed by atoms with Crippen LogP contribution in [0.25, 0.3) is 0 Å². The fourth-order valence-electron chi connectivity index (χ4n) is 4.44. The van der Waals surface area contributed by atoms with Gasteiger partial charge in [-0.15, -0.1) is 0 Å². The molecule has 72 valence electrons. The Hall–Kier alpha value is -0.330. The highest BCUT2D eigenvalue weighted by Gasteiger charge is 2.57. The molecule has 0 unspecified atom stereocenters. The van der Waals surface area contributed by atoms with E-state index in [0.29, 0.717) is 5.78 Å². The number of hydrogen-bond acceptors (Lipinski definition) is 1. The van der Waals surface area contributed by atoms with Gasteiger partial charge in [0.2, 0.25) is 0 Å². The smallest absolute Gasteiger partial charge is 0.139 e. The van der Waals surface area contributed by atoms with E-state index in [1.807, 2.05) is 0 Å². The second-order valence-electron chi connectivity index (χ2n) is 5.22. The first-order chi connectivity index (χ1) is 6.34. The lowest BCUT2D eigenvalue weighted by Gasteiger charge is -2.40. The van der Waals surface area contributed by atoms with Gasteiger partial charge >= 0.3 is 0 Å². The average Bonchev–Trinajstić information content (AvgIpc) is 2.69. The van der Waals surface area contributed by atoms with Gasteiger partial charge in [0.25, 0.3) is 0 Å². The predicted molar refractivity (Wildman–Crippen MR) is 51.4 cm³/mol. The van der Waals surface area contributed by atoms with Crippen LogP contribution >= 0.6 is 0 Å². The van der Waals surface area contributed by atoms with Gasteiger partial charge in [-0.3, -0.25) is 4.79 Å². The molecule has 0 aliphatic heterocycles. The molecule has 0 radical (unpaired) electrons. The maximum absolute atomic E-state index is 12.0. The van der Waals surface area contributed by atoms with Crippen LogP contribution < -0.4 is 0 Å². The minimum absolute atomic E-state index is 0.220. The van der Waals surface area contributed by atoms with E-state index < -0.39 is 0 Å². The molecular weight excluding hydrogens is 160 g/mol. The Kier molecular flexibility index (Phi) is 1.59. The predicted octanol–water partition coefficient (Wildman–Crippen LogP) is 2.94. The summed E-state index contributed by atoms with van der Waals surface area (Å²) in [5, 5.41) is 0. The Labute approximate surface area is 79.9 Å². The normalized spacial score (nSPS) is 49.1. The van der Waals surface area contributed by atoms with Crippen molar-refractivity contribution in [3.8, 4) is 0 Å². The monoisotopic (exact) mass is 178 g/mol. The number of Topliss-reactive ketones (excluding diaryl/α,β-unsaturated/α-hetero) is 1. The Morgan fingerprint density at radius 2 is 1.69 bits per heavy atom. The summed E-state index contributed by atoms with van der Waals surface area (Å²) < 4.78 is 0. The molecule has 3 saturated carbocycles. The molecule has 0 bridgehead atoms. The van der Waals surface area contributed by atoms with E-state index in [9.17, 15) is 4.79 Å². The van der Waals surface area contributed by atoms with Gasteiger partial charge in [0.05, 0.1) is 0 Å². The highest BCUT2D eigenvalue weighted by molar-refractivity contribution is 5.88. The molecule has 1 heteroatoms. The number of rotatable bonds is 0. The lowest BCUT2D eigenvalue weighted by Crippen LogP contribution is -2.39. The second-order valence-corrected chi connectivity index (χ2v) is 5.22. The van der Waals surface area contributed by atoms with E-state index in [4.69, 9.17) is 0 Å². The van der Waals surface area contributed by atoms with Crippen LogP contribution in [-0.4, -0.2) is 5.78 Å². The number of carbonyl (C=O) groups is 1. The van der Waals surface area contributed by atoms with Crippen molar-refractivity contribution in [2.45, 2.75) is 51.4 Å². The molecule has 1 nitrogen and oxygen atoms in total. The van der Waals surface area contributed by atoms with Crippen molar-refractivity contribution in [3.05, 3.63) is 0 Å². The molecule has 3 fully saturated rings. The SMILES string of the molecule is O=C1CC[C@H]2CCC[C@H]3CCC[C@@]132. The standard InChI is InChI=1S/C12H18O/c13-11-7-6-10-4-1-3-9-5-2-8-12(9,10)11/h9-10H,1-8H2/t9-,10+,12+/m0/s1. The summed E-state index contributed by atoms with van der Waals surface area (Å²) in [6.45, 7) is 0. The van der Waals surface area contributed by atoms with Crippen LogP contribution in [0.15, 0.2) is 0 Å². The van der Waals surface area contributed by atoms with Crippen molar-refractivity contribution < 1.29 is 4.79 Å². The minimum atomic E-state index is 0.220. The summed E-state index contributed by atoms with van der Waals surface area (Å²) in [4.78, 5) is 12.0. The van der Waals surface area contributed by atoms with Gasteiger partial charge in [0, 0.05) is 11.8 Å². The summed E-state index contributed by atoms with van der Waals surface area (Å²) >= 11 is 0. The Bertz CT molecular complexity index is 238. The zero-order valence-electron chi connectivity index (χ0n) is 8.22. The molecule has 0 aromatic carbocycles. The summed E-state index contributed by atoms with van der Waals surface area (Å²) in [6.07, 6.45) is 10.1. The minimum Gasteiger partial charge on any atom is -0.299 e. The van der Waals surface area contributed by atoms with Crippen LogP contribution in [0.1, 0.15) is 51.4 Å². The molecule has 1 spiro atoms. The zero-order valence-corrected chi connectivity index (χ0v) is 8.22. The average molecular weight is 178 g/mol. The topological polar surface area (TPSA) is 17.1 Å². The van der Waals surface area contributed by atoms with Crippen LogP contribution in [0.2, 0.25) is 0 Å². The summed E-state index contributed by atoms with van der Waals surface area (Å²) in [5.41, 5.74) is 0.220. The third-order valence-electron chi connectivity index (χ3n) is 4.94. The van der Waals surface area contributed by atoms with Crippen molar-refractivity contribution in [3.63, 3.8) is 0 Å². The molecule has 13 heavy (non-hydrogen) atoms. The number of carbonyl (C=O) groups excluding carboxylic acids is 1. The van der Waals surface area contributed by atoms with E-state index in [2.05, 4.69) is 0 Å². The van der Waals surface area contributed by atoms with Gasteiger partial charge in [-0.2, -0.15) is 0 Å². The molecule has 0 heterocycles. The van der Waals surface area contributed by atoms with Gasteiger partial charge in [-0.25, -0.2) is 0 Å². The van der Waals surface area contributed by atoms with Crippen molar-refractivity contribution >= 4 is 5.78 Å². The maximum atomic E-state index is 12.0. The van der Waals surface area contributed by atoms with Crippen LogP contribution in [0.4, 0.5) is 0 Å². The highest BCUT2D eigenvalue weighted by atomic mass is 16.1. The summed E-state index contributed by atoms with van der Waals surface area (Å²) in [6, 6.07) is 0. The second kappa shape index (κ2) is 2.59. The fraction of sp³-hybridized carbons (Fsp3) is 0.917. The van der Waals surface area contributed by atoms with E-state index in [1.54, 1.807) is 0 Å². The van der Waals surface area contributed by atoms with Crippen LogP contribution in [0, 0.1) is 17.3 Å². The van der Waals surface area contributed by atoms with Crippen LogP contribution in [-0.2, 0) is 4.79 Å². The first-order valence-corrected chi connectivity index (χ1v) is 5.87. The first-order valence-electron chi connectivity index (χ1n) is 5.87. The largest absolute Gasteiger partial charge is 0.299 e. The lowest BCUT2D eigenvalue weighted by atomic mass is 9.63. The fourth-order valence-corrected chi connectivity index (χ4v) is 4.44. The maximum Gasteiger partial charge on any atom is 0.139 e. The molecule has 0 N–H and O–H groups in total. The Morgan fingerprint density at radius 1 is 1.00 bits per heavy atom. The first kappa shape index (κ1) is 8.02. The van der Waals surface area contributed by atoms with Crippen molar-refractivity contribution in [2.24, 2.45) is 17.3 Å². The van der Waals surface area contributed by atoms with E-state index in [1.165, 1.54) is 44.9 Å². The number of ketones is 1. The molecule has 0 aromatic rings. The zero-order chi connectivity index (χ0) is 8.89. The van der Waals surface area contributed by atoms with Gasteiger partial charge in [0.15, 0.2) is 0 Å². The molecule has 0 saturated heterocycles. The van der Waals surface area contributed by atoms with Crippen LogP contribution in [0.5, 0.6) is 0 Å².